The van der Waals surface area contributed by atoms with Gasteiger partial charge in [0, 0.05) is 0 Å². The standard InChI is InChI=1S/C9H13N9O2/c10-8(11)17-15-6(19)4-2-1-3-5(14-4)7(20)16-18-9(12)13/h1-3H,(H,15,19)(H,16,20)(H4,10,11,17)(H4,12,13,18). The van der Waals surface area contributed by atoms with Gasteiger partial charge in [-0.3, -0.25) is 9.59 Å². The molecule has 1 aromatic rings. The molecule has 0 aliphatic carbocycles. The molecule has 1 heterocycles. The Morgan fingerprint density at radius 1 is 0.900 bits per heavy atom. The van der Waals surface area contributed by atoms with Crippen LogP contribution < -0.4 is 33.8 Å². The van der Waals surface area contributed by atoms with E-state index in [0.717, 1.165) is 0 Å². The minimum absolute atomic E-state index is 0.0626. The Bertz CT molecular complexity index is 525. The van der Waals surface area contributed by atoms with Gasteiger partial charge in [-0.15, -0.1) is 10.2 Å². The predicted octanol–water partition coefficient (Wildman–Crippen LogP) is -3.08. The molecule has 0 saturated carbocycles. The molecule has 0 unspecified atom stereocenters. The predicted molar refractivity (Wildman–Crippen MR) is 70.8 cm³/mol. The van der Waals surface area contributed by atoms with Gasteiger partial charge < -0.3 is 22.9 Å². The molecule has 0 radical (unpaired) electrons. The molecule has 0 bridgehead atoms. The molecule has 1 rings (SSSR count). The lowest BCUT2D eigenvalue weighted by Crippen LogP contribution is -2.30. The summed E-state index contributed by atoms with van der Waals surface area (Å²) in [5, 5.41) is 6.62. The number of hydrogen-bond donors (Lipinski definition) is 6. The summed E-state index contributed by atoms with van der Waals surface area (Å²) in [5.41, 5.74) is 24.2. The number of rotatable bonds is 4. The van der Waals surface area contributed by atoms with Crippen LogP contribution in [0.1, 0.15) is 21.0 Å². The van der Waals surface area contributed by atoms with Crippen LogP contribution in [0.2, 0.25) is 0 Å². The van der Waals surface area contributed by atoms with Gasteiger partial charge in [0.05, 0.1) is 0 Å². The van der Waals surface area contributed by atoms with Crippen LogP contribution in [0.15, 0.2) is 28.4 Å². The Labute approximate surface area is 113 Å². The topological polar surface area (TPSA) is 200 Å². The quantitative estimate of drug-likeness (QED) is 0.190. The number of nitrogens with one attached hydrogen (secondary N) is 2. The normalized spacial score (nSPS) is 9.20. The summed E-state index contributed by atoms with van der Waals surface area (Å²) in [6.45, 7) is 0. The molecule has 11 heteroatoms. The van der Waals surface area contributed by atoms with E-state index in [0.29, 0.717) is 0 Å². The number of guanidine groups is 2. The lowest BCUT2D eigenvalue weighted by atomic mass is 10.3. The van der Waals surface area contributed by atoms with Crippen molar-refractivity contribution in [3.63, 3.8) is 0 Å². The number of carbonyl (C=O) groups is 2. The molecule has 0 spiro atoms. The Morgan fingerprint density at radius 2 is 1.30 bits per heavy atom. The van der Waals surface area contributed by atoms with E-state index < -0.39 is 11.8 Å². The molecule has 0 aliphatic heterocycles. The molecule has 0 aliphatic rings. The second-order valence-electron chi connectivity index (χ2n) is 3.36. The van der Waals surface area contributed by atoms with Gasteiger partial charge in [0.2, 0.25) is 11.9 Å². The van der Waals surface area contributed by atoms with Crippen molar-refractivity contribution >= 4 is 23.7 Å². The van der Waals surface area contributed by atoms with Gasteiger partial charge in [0.25, 0.3) is 11.8 Å². The zero-order chi connectivity index (χ0) is 15.1. The number of hydrogen-bond acceptors (Lipinski definition) is 5. The van der Waals surface area contributed by atoms with Crippen molar-refractivity contribution in [1.29, 1.82) is 0 Å². The Hall–Kier alpha value is -3.37. The van der Waals surface area contributed by atoms with Gasteiger partial charge in [0.15, 0.2) is 0 Å². The van der Waals surface area contributed by atoms with Crippen LogP contribution >= 0.6 is 0 Å². The van der Waals surface area contributed by atoms with Crippen LogP contribution in [0.4, 0.5) is 0 Å². The molecule has 10 N–H and O–H groups in total. The number of pyridine rings is 1. The molecule has 0 fully saturated rings. The summed E-state index contributed by atoms with van der Waals surface area (Å²) in [5.74, 6) is -2.01. The van der Waals surface area contributed by atoms with Crippen LogP contribution in [-0.4, -0.2) is 28.7 Å². The first-order valence-electron chi connectivity index (χ1n) is 5.15. The third-order valence-electron chi connectivity index (χ3n) is 1.79. The number of hydrazone groups is 2. The van der Waals surface area contributed by atoms with Crippen molar-refractivity contribution < 1.29 is 9.59 Å². The highest BCUT2D eigenvalue weighted by atomic mass is 16.2. The molecule has 0 saturated heterocycles. The molecule has 20 heavy (non-hydrogen) atoms. The third kappa shape index (κ3) is 4.48. The largest absolute Gasteiger partial charge is 0.369 e. The fraction of sp³-hybridized carbons (Fsp3) is 0. The highest BCUT2D eigenvalue weighted by molar-refractivity contribution is 5.96. The Morgan fingerprint density at radius 3 is 1.65 bits per heavy atom. The lowest BCUT2D eigenvalue weighted by Gasteiger charge is -2.03. The molecule has 0 aromatic carbocycles. The van der Waals surface area contributed by atoms with Crippen LogP contribution in [0.25, 0.3) is 0 Å². The van der Waals surface area contributed by atoms with Crippen molar-refractivity contribution in [2.75, 3.05) is 0 Å². The Balaban J connectivity index is 2.85. The first kappa shape index (κ1) is 14.7. The maximum atomic E-state index is 11.6. The summed E-state index contributed by atoms with van der Waals surface area (Å²) in [6.07, 6.45) is 0. The SMILES string of the molecule is NC(N)=NNC(=O)c1cccc(C(=O)NN=C(N)N)n1. The minimum Gasteiger partial charge on any atom is -0.369 e. The van der Waals surface area contributed by atoms with Crippen molar-refractivity contribution in [3.8, 4) is 0 Å². The summed E-state index contributed by atoms with van der Waals surface area (Å²) >= 11 is 0. The van der Waals surface area contributed by atoms with Gasteiger partial charge in [-0.05, 0) is 12.1 Å². The molecule has 2 amide bonds. The van der Waals surface area contributed by atoms with Crippen LogP contribution in [0.3, 0.4) is 0 Å². The lowest BCUT2D eigenvalue weighted by molar-refractivity contribution is 0.0945. The highest BCUT2D eigenvalue weighted by Crippen LogP contribution is 1.99. The fourth-order valence-corrected chi connectivity index (χ4v) is 1.03. The summed E-state index contributed by atoms with van der Waals surface area (Å²) in [6, 6.07) is 4.19. The summed E-state index contributed by atoms with van der Waals surface area (Å²) in [7, 11) is 0. The maximum Gasteiger partial charge on any atom is 0.290 e. The fourth-order valence-electron chi connectivity index (χ4n) is 1.03. The molecule has 106 valence electrons. The molecular weight excluding hydrogens is 266 g/mol. The maximum absolute atomic E-state index is 11.6. The average Bonchev–Trinajstić information content (AvgIpc) is 2.42. The van der Waals surface area contributed by atoms with E-state index in [1.54, 1.807) is 0 Å². The van der Waals surface area contributed by atoms with E-state index in [2.05, 4.69) is 26.0 Å². The smallest absolute Gasteiger partial charge is 0.290 e. The second kappa shape index (κ2) is 6.53. The summed E-state index contributed by atoms with van der Waals surface area (Å²) in [4.78, 5) is 27.0. The molecule has 11 nitrogen and oxygen atoms in total. The van der Waals surface area contributed by atoms with Gasteiger partial charge in [-0.1, -0.05) is 6.07 Å². The average molecular weight is 279 g/mol. The van der Waals surface area contributed by atoms with Crippen molar-refractivity contribution in [2.45, 2.75) is 0 Å². The number of aromatic nitrogens is 1. The Kier molecular flexibility index (Phi) is 4.80. The van der Waals surface area contributed by atoms with E-state index in [1.165, 1.54) is 18.2 Å². The first-order valence-corrected chi connectivity index (χ1v) is 5.15. The first-order chi connectivity index (χ1) is 9.40. The number of nitrogens with two attached hydrogens (primary N) is 4. The van der Waals surface area contributed by atoms with Gasteiger partial charge >= 0.3 is 0 Å². The van der Waals surface area contributed by atoms with Gasteiger partial charge in [-0.25, -0.2) is 15.8 Å². The van der Waals surface area contributed by atoms with E-state index in [1.807, 2.05) is 0 Å². The highest BCUT2D eigenvalue weighted by Gasteiger charge is 2.11. The number of carbonyl (C=O) groups excluding carboxylic acids is 2. The zero-order valence-electron chi connectivity index (χ0n) is 10.2. The number of nitrogens with zero attached hydrogens (tertiary/aromatic N) is 3. The molecule has 0 atom stereocenters. The van der Waals surface area contributed by atoms with Gasteiger partial charge in [-0.2, -0.15) is 0 Å². The van der Waals surface area contributed by atoms with Crippen LogP contribution in [0.5, 0.6) is 0 Å². The van der Waals surface area contributed by atoms with Crippen molar-refractivity contribution in [3.05, 3.63) is 29.6 Å². The van der Waals surface area contributed by atoms with Gasteiger partial charge in [0.1, 0.15) is 11.4 Å². The second-order valence-corrected chi connectivity index (χ2v) is 3.36. The van der Waals surface area contributed by atoms with E-state index >= 15 is 0 Å². The van der Waals surface area contributed by atoms with E-state index in [4.69, 9.17) is 22.9 Å². The third-order valence-corrected chi connectivity index (χ3v) is 1.79. The van der Waals surface area contributed by atoms with Crippen molar-refractivity contribution in [1.82, 2.24) is 15.8 Å². The molecular formula is C9H13N9O2. The monoisotopic (exact) mass is 279 g/mol. The van der Waals surface area contributed by atoms with Crippen LogP contribution in [-0.2, 0) is 0 Å². The van der Waals surface area contributed by atoms with E-state index in [9.17, 15) is 9.59 Å². The number of amides is 2. The minimum atomic E-state index is -0.685. The van der Waals surface area contributed by atoms with E-state index in [-0.39, 0.29) is 23.3 Å². The zero-order valence-corrected chi connectivity index (χ0v) is 10.2. The van der Waals surface area contributed by atoms with Crippen molar-refractivity contribution in [2.24, 2.45) is 33.1 Å². The van der Waals surface area contributed by atoms with Crippen LogP contribution in [0, 0.1) is 0 Å². The summed E-state index contributed by atoms with van der Waals surface area (Å²) < 4.78 is 0. The molecule has 1 aromatic heterocycles.